The van der Waals surface area contributed by atoms with Crippen LogP contribution >= 0.6 is 0 Å². The second-order valence-corrected chi connectivity index (χ2v) is 4.35. The summed E-state index contributed by atoms with van der Waals surface area (Å²) in [4.78, 5) is 24.2. The average Bonchev–Trinajstić information content (AvgIpc) is 2.36. The SMILES string of the molecule is CCCCN(C)C(=O)Cc1ccc(C(=O)O)cc1. The lowest BCUT2D eigenvalue weighted by atomic mass is 10.1. The summed E-state index contributed by atoms with van der Waals surface area (Å²) in [5, 5.41) is 8.77. The first-order chi connectivity index (χ1) is 8.54. The van der Waals surface area contributed by atoms with Crippen LogP contribution in [0.5, 0.6) is 0 Å². The molecular weight excluding hydrogens is 230 g/mol. The Hall–Kier alpha value is -1.84. The maximum absolute atomic E-state index is 11.8. The zero-order chi connectivity index (χ0) is 13.5. The Morgan fingerprint density at radius 1 is 1.22 bits per heavy atom. The van der Waals surface area contributed by atoms with Crippen LogP contribution in [-0.2, 0) is 11.2 Å². The van der Waals surface area contributed by atoms with Gasteiger partial charge in [0.15, 0.2) is 0 Å². The number of carboxylic acid groups (broad SMARTS) is 1. The number of carboxylic acids is 1. The predicted molar refractivity (Wildman–Crippen MR) is 69.7 cm³/mol. The quantitative estimate of drug-likeness (QED) is 0.840. The Balaban J connectivity index is 2.56. The van der Waals surface area contributed by atoms with E-state index in [4.69, 9.17) is 5.11 Å². The molecule has 0 atom stereocenters. The molecule has 4 heteroatoms. The van der Waals surface area contributed by atoms with Crippen LogP contribution in [0, 0.1) is 0 Å². The van der Waals surface area contributed by atoms with Gasteiger partial charge >= 0.3 is 5.97 Å². The van der Waals surface area contributed by atoms with Crippen LogP contribution in [0.25, 0.3) is 0 Å². The highest BCUT2D eigenvalue weighted by molar-refractivity contribution is 5.87. The Morgan fingerprint density at radius 3 is 2.33 bits per heavy atom. The van der Waals surface area contributed by atoms with E-state index in [1.54, 1.807) is 24.1 Å². The summed E-state index contributed by atoms with van der Waals surface area (Å²) in [5.41, 5.74) is 1.08. The first-order valence-corrected chi connectivity index (χ1v) is 6.10. The first-order valence-electron chi connectivity index (χ1n) is 6.10. The molecule has 98 valence electrons. The van der Waals surface area contributed by atoms with Gasteiger partial charge in [-0.25, -0.2) is 4.79 Å². The highest BCUT2D eigenvalue weighted by atomic mass is 16.4. The van der Waals surface area contributed by atoms with E-state index in [0.29, 0.717) is 6.42 Å². The van der Waals surface area contributed by atoms with Crippen LogP contribution in [-0.4, -0.2) is 35.5 Å². The van der Waals surface area contributed by atoms with E-state index in [9.17, 15) is 9.59 Å². The van der Waals surface area contributed by atoms with Crippen molar-refractivity contribution in [1.29, 1.82) is 0 Å². The Kier molecular flexibility index (Phi) is 5.36. The van der Waals surface area contributed by atoms with Gasteiger partial charge in [-0.2, -0.15) is 0 Å². The molecule has 1 amide bonds. The molecule has 1 N–H and O–H groups in total. The second kappa shape index (κ2) is 6.79. The smallest absolute Gasteiger partial charge is 0.335 e. The molecule has 0 radical (unpaired) electrons. The van der Waals surface area contributed by atoms with Crippen molar-refractivity contribution in [3.05, 3.63) is 35.4 Å². The fourth-order valence-corrected chi connectivity index (χ4v) is 1.59. The molecular formula is C14H19NO3. The van der Waals surface area contributed by atoms with Crippen molar-refractivity contribution in [3.63, 3.8) is 0 Å². The molecule has 0 unspecified atom stereocenters. The van der Waals surface area contributed by atoms with Crippen LogP contribution in [0.1, 0.15) is 35.7 Å². The average molecular weight is 249 g/mol. The molecule has 4 nitrogen and oxygen atoms in total. The molecule has 0 heterocycles. The molecule has 1 rings (SSSR count). The number of amides is 1. The minimum Gasteiger partial charge on any atom is -0.478 e. The van der Waals surface area contributed by atoms with E-state index >= 15 is 0 Å². The molecule has 0 spiro atoms. The van der Waals surface area contributed by atoms with Crippen molar-refractivity contribution >= 4 is 11.9 Å². The lowest BCUT2D eigenvalue weighted by molar-refractivity contribution is -0.129. The predicted octanol–water partition coefficient (Wildman–Crippen LogP) is 2.19. The van der Waals surface area contributed by atoms with Crippen molar-refractivity contribution in [2.24, 2.45) is 0 Å². The van der Waals surface area contributed by atoms with Gasteiger partial charge in [-0.05, 0) is 24.1 Å². The monoisotopic (exact) mass is 249 g/mol. The Morgan fingerprint density at radius 2 is 1.83 bits per heavy atom. The van der Waals surface area contributed by atoms with E-state index in [1.165, 1.54) is 12.1 Å². The van der Waals surface area contributed by atoms with Crippen LogP contribution in [0.4, 0.5) is 0 Å². The normalized spacial score (nSPS) is 10.1. The fourth-order valence-electron chi connectivity index (χ4n) is 1.59. The number of likely N-dealkylation sites (N-methyl/N-ethyl adjacent to an activating group) is 1. The van der Waals surface area contributed by atoms with Crippen LogP contribution in [0.15, 0.2) is 24.3 Å². The summed E-state index contributed by atoms with van der Waals surface area (Å²) >= 11 is 0. The fraction of sp³-hybridized carbons (Fsp3) is 0.429. The van der Waals surface area contributed by atoms with E-state index in [0.717, 1.165) is 24.9 Å². The van der Waals surface area contributed by atoms with Gasteiger partial charge in [0.1, 0.15) is 0 Å². The van der Waals surface area contributed by atoms with E-state index in [2.05, 4.69) is 6.92 Å². The van der Waals surface area contributed by atoms with Crippen molar-refractivity contribution in [2.45, 2.75) is 26.2 Å². The molecule has 1 aromatic carbocycles. The minimum atomic E-state index is -0.951. The van der Waals surface area contributed by atoms with E-state index < -0.39 is 5.97 Å². The summed E-state index contributed by atoms with van der Waals surface area (Å²) in [6.45, 7) is 2.85. The van der Waals surface area contributed by atoms with Crippen molar-refractivity contribution in [1.82, 2.24) is 4.90 Å². The molecule has 0 saturated heterocycles. The summed E-state index contributed by atoms with van der Waals surface area (Å²) in [5.74, 6) is -0.889. The zero-order valence-corrected chi connectivity index (χ0v) is 10.8. The summed E-state index contributed by atoms with van der Waals surface area (Å²) in [7, 11) is 1.80. The van der Waals surface area contributed by atoms with Gasteiger partial charge in [-0.1, -0.05) is 25.5 Å². The molecule has 0 aromatic heterocycles. The van der Waals surface area contributed by atoms with E-state index in [-0.39, 0.29) is 11.5 Å². The number of aromatic carboxylic acids is 1. The van der Waals surface area contributed by atoms with E-state index in [1.807, 2.05) is 0 Å². The minimum absolute atomic E-state index is 0.0616. The third-order valence-corrected chi connectivity index (χ3v) is 2.83. The highest BCUT2D eigenvalue weighted by Gasteiger charge is 2.09. The van der Waals surface area contributed by atoms with Gasteiger partial charge in [0.2, 0.25) is 5.91 Å². The summed E-state index contributed by atoms with van der Waals surface area (Å²) < 4.78 is 0. The van der Waals surface area contributed by atoms with Crippen molar-refractivity contribution < 1.29 is 14.7 Å². The van der Waals surface area contributed by atoms with Crippen LogP contribution < -0.4 is 0 Å². The van der Waals surface area contributed by atoms with Crippen LogP contribution in [0.2, 0.25) is 0 Å². The standard InChI is InChI=1S/C14H19NO3/c1-3-4-9-15(2)13(16)10-11-5-7-12(8-6-11)14(17)18/h5-8H,3-4,9-10H2,1-2H3,(H,17,18). The molecule has 1 aromatic rings. The van der Waals surface area contributed by atoms with Gasteiger partial charge in [0.25, 0.3) is 0 Å². The number of benzene rings is 1. The Bertz CT molecular complexity index is 412. The summed E-state index contributed by atoms with van der Waals surface area (Å²) in [6, 6.07) is 6.43. The van der Waals surface area contributed by atoms with Gasteiger partial charge in [-0.3, -0.25) is 4.79 Å². The molecule has 0 aliphatic carbocycles. The lowest BCUT2D eigenvalue weighted by Gasteiger charge is -2.16. The van der Waals surface area contributed by atoms with Crippen LogP contribution in [0.3, 0.4) is 0 Å². The third-order valence-electron chi connectivity index (χ3n) is 2.83. The largest absolute Gasteiger partial charge is 0.478 e. The van der Waals surface area contributed by atoms with Gasteiger partial charge in [0.05, 0.1) is 12.0 Å². The number of carbonyl (C=O) groups excluding carboxylic acids is 1. The number of hydrogen-bond donors (Lipinski definition) is 1. The Labute approximate surface area is 107 Å². The maximum atomic E-state index is 11.8. The van der Waals surface area contributed by atoms with Gasteiger partial charge < -0.3 is 10.0 Å². The molecule has 0 aliphatic heterocycles. The zero-order valence-electron chi connectivity index (χ0n) is 10.8. The third kappa shape index (κ3) is 4.20. The molecule has 0 bridgehead atoms. The number of unbranched alkanes of at least 4 members (excludes halogenated alkanes) is 1. The molecule has 0 fully saturated rings. The number of carbonyl (C=O) groups is 2. The molecule has 0 saturated carbocycles. The van der Waals surface area contributed by atoms with Gasteiger partial charge in [0, 0.05) is 13.6 Å². The first kappa shape index (κ1) is 14.2. The lowest BCUT2D eigenvalue weighted by Crippen LogP contribution is -2.29. The van der Waals surface area contributed by atoms with Crippen molar-refractivity contribution in [2.75, 3.05) is 13.6 Å². The second-order valence-electron chi connectivity index (χ2n) is 4.35. The number of nitrogens with zero attached hydrogens (tertiary/aromatic N) is 1. The highest BCUT2D eigenvalue weighted by Crippen LogP contribution is 2.07. The van der Waals surface area contributed by atoms with Crippen molar-refractivity contribution in [3.8, 4) is 0 Å². The number of rotatable bonds is 6. The topological polar surface area (TPSA) is 57.6 Å². The molecule has 0 aliphatic rings. The summed E-state index contributed by atoms with van der Waals surface area (Å²) in [6.07, 6.45) is 2.38. The molecule has 18 heavy (non-hydrogen) atoms. The maximum Gasteiger partial charge on any atom is 0.335 e. The number of hydrogen-bond acceptors (Lipinski definition) is 2. The van der Waals surface area contributed by atoms with Gasteiger partial charge in [-0.15, -0.1) is 0 Å².